The first-order chi connectivity index (χ1) is 22.8. The van der Waals surface area contributed by atoms with E-state index in [4.69, 9.17) is 0 Å². The van der Waals surface area contributed by atoms with Crippen LogP contribution in [0.25, 0.3) is 0 Å². The summed E-state index contributed by atoms with van der Waals surface area (Å²) in [6.07, 6.45) is 56.3. The second-order valence-corrected chi connectivity index (χ2v) is 15.2. The van der Waals surface area contributed by atoms with Crippen LogP contribution in [0.3, 0.4) is 0 Å². The Morgan fingerprint density at radius 3 is 0.957 bits per heavy atom. The number of hydrogen-bond acceptors (Lipinski definition) is 0. The van der Waals surface area contributed by atoms with Gasteiger partial charge in [-0.2, -0.15) is 0 Å². The van der Waals surface area contributed by atoms with Crippen molar-refractivity contribution < 1.29 is 4.57 Å². The average molecular weight is 641 g/mol. The third-order valence-electron chi connectivity index (χ3n) is 10.6. The maximum Gasteiger partial charge on any atom is 0.172 e. The van der Waals surface area contributed by atoms with Gasteiger partial charge in [0.1, 0.15) is 6.54 Å². The molecule has 1 rings (SSSR count). The first-order valence-corrected chi connectivity index (χ1v) is 21.8. The van der Waals surface area contributed by atoms with Gasteiger partial charge in [-0.05, 0) is 37.7 Å². The molecule has 1 nitrogen and oxygen atoms in total. The molecule has 1 heteroatoms. The largest absolute Gasteiger partial charge is 0.205 e. The predicted octanol–water partition coefficient (Wildman–Crippen LogP) is 15.4. The molecule has 0 spiro atoms. The van der Waals surface area contributed by atoms with E-state index in [9.17, 15) is 0 Å². The van der Waals surface area contributed by atoms with E-state index in [1.807, 2.05) is 0 Å². The van der Waals surface area contributed by atoms with Crippen molar-refractivity contribution in [1.82, 2.24) is 0 Å². The molecule has 1 aromatic heterocycles. The molecule has 0 radical (unpaired) electrons. The van der Waals surface area contributed by atoms with Crippen molar-refractivity contribution in [3.8, 4) is 0 Å². The summed E-state index contributed by atoms with van der Waals surface area (Å²) in [5.41, 5.74) is 3.33. The van der Waals surface area contributed by atoms with Gasteiger partial charge in [0.05, 0.1) is 0 Å². The molecule has 0 aromatic carbocycles. The summed E-state index contributed by atoms with van der Waals surface area (Å²) in [6.45, 7) is 8.15. The van der Waals surface area contributed by atoms with Crippen molar-refractivity contribution in [3.05, 3.63) is 29.6 Å². The average Bonchev–Trinajstić information content (AvgIpc) is 3.07. The van der Waals surface area contributed by atoms with Crippen LogP contribution in [0.4, 0.5) is 0 Å². The lowest BCUT2D eigenvalue weighted by Crippen LogP contribution is -2.34. The van der Waals surface area contributed by atoms with Gasteiger partial charge >= 0.3 is 0 Å². The lowest BCUT2D eigenvalue weighted by molar-refractivity contribution is -0.697. The van der Waals surface area contributed by atoms with Crippen LogP contribution in [-0.2, 0) is 19.4 Å². The highest BCUT2D eigenvalue weighted by molar-refractivity contribution is 5.21. The van der Waals surface area contributed by atoms with Gasteiger partial charge in [-0.25, -0.2) is 4.57 Å². The zero-order valence-corrected chi connectivity index (χ0v) is 32.3. The summed E-state index contributed by atoms with van der Waals surface area (Å²) in [6, 6.07) is 2.50. The van der Waals surface area contributed by atoms with Gasteiger partial charge in [0, 0.05) is 18.1 Å². The summed E-state index contributed by atoms with van der Waals surface area (Å²) in [7, 11) is 0. The van der Waals surface area contributed by atoms with Gasteiger partial charge in [-0.3, -0.25) is 0 Å². The molecular formula is C45H86N+. The Hall–Kier alpha value is -0.850. The van der Waals surface area contributed by atoms with Crippen LogP contribution in [0.5, 0.6) is 0 Å². The molecule has 0 aliphatic carbocycles. The van der Waals surface area contributed by atoms with E-state index in [1.165, 1.54) is 238 Å². The van der Waals surface area contributed by atoms with Crippen molar-refractivity contribution >= 4 is 0 Å². The molecule has 1 heterocycles. The Labute approximate surface area is 291 Å². The fourth-order valence-corrected chi connectivity index (χ4v) is 7.32. The maximum absolute atomic E-state index is 2.56. The van der Waals surface area contributed by atoms with Gasteiger partial charge in [0.25, 0.3) is 0 Å². The molecule has 0 fully saturated rings. The Balaban J connectivity index is 2.32. The molecule has 0 amide bonds. The molecule has 0 saturated heterocycles. The van der Waals surface area contributed by atoms with Crippen LogP contribution in [-0.4, -0.2) is 0 Å². The topological polar surface area (TPSA) is 3.88 Å². The number of unbranched alkanes of at least 4 members (excludes halogenated alkanes) is 31. The number of rotatable bonds is 37. The summed E-state index contributed by atoms with van der Waals surface area (Å²) < 4.78 is 2.54. The normalized spacial score (nSPS) is 11.5. The minimum absolute atomic E-state index is 1.21. The third kappa shape index (κ3) is 28.2. The third-order valence-corrected chi connectivity index (χ3v) is 10.6. The van der Waals surface area contributed by atoms with Crippen LogP contribution in [0.1, 0.15) is 250 Å². The van der Waals surface area contributed by atoms with Gasteiger partial charge in [0.15, 0.2) is 12.4 Å². The van der Waals surface area contributed by atoms with Crippen LogP contribution in [0, 0.1) is 0 Å². The summed E-state index contributed by atoms with van der Waals surface area (Å²) in [5, 5.41) is 0. The van der Waals surface area contributed by atoms with Gasteiger partial charge in [-0.1, -0.05) is 213 Å². The standard InChI is InChI=1S/C45H86N/c1-4-7-10-13-16-19-22-25-28-31-34-37-41-46-42-40-44(38-35-32-29-26-23-20-17-14-11-8-5-2)45(43-46)39-36-33-30-27-24-21-18-15-12-9-6-3/h40,42-43H,4-39,41H2,1-3H3/q+1. The smallest absolute Gasteiger partial charge is 0.172 e. The minimum Gasteiger partial charge on any atom is -0.205 e. The Morgan fingerprint density at radius 2 is 0.609 bits per heavy atom. The second-order valence-electron chi connectivity index (χ2n) is 15.2. The summed E-state index contributed by atoms with van der Waals surface area (Å²) in [4.78, 5) is 0. The van der Waals surface area contributed by atoms with Crippen molar-refractivity contribution in [1.29, 1.82) is 0 Å². The highest BCUT2D eigenvalue weighted by Gasteiger charge is 2.10. The number of hydrogen-bond donors (Lipinski definition) is 0. The van der Waals surface area contributed by atoms with Crippen LogP contribution >= 0.6 is 0 Å². The fraction of sp³-hybridized carbons (Fsp3) is 0.889. The zero-order chi connectivity index (χ0) is 33.0. The number of aryl methyl sites for hydroxylation is 3. The van der Waals surface area contributed by atoms with E-state index in [2.05, 4.69) is 43.8 Å². The highest BCUT2D eigenvalue weighted by Crippen LogP contribution is 2.18. The van der Waals surface area contributed by atoms with E-state index in [1.54, 1.807) is 11.1 Å². The van der Waals surface area contributed by atoms with E-state index in [0.29, 0.717) is 0 Å². The molecule has 0 aliphatic heterocycles. The van der Waals surface area contributed by atoms with Crippen LogP contribution < -0.4 is 4.57 Å². The first-order valence-electron chi connectivity index (χ1n) is 21.8. The second kappa shape index (κ2) is 35.5. The molecular weight excluding hydrogens is 555 g/mol. The van der Waals surface area contributed by atoms with Gasteiger partial charge < -0.3 is 0 Å². The molecule has 0 aliphatic rings. The number of pyridine rings is 1. The Kier molecular flexibility index (Phi) is 33.3. The predicted molar refractivity (Wildman–Crippen MR) is 208 cm³/mol. The van der Waals surface area contributed by atoms with E-state index < -0.39 is 0 Å². The lowest BCUT2D eigenvalue weighted by atomic mass is 9.97. The zero-order valence-electron chi connectivity index (χ0n) is 32.3. The molecule has 0 unspecified atom stereocenters. The molecule has 0 N–H and O–H groups in total. The fourth-order valence-electron chi connectivity index (χ4n) is 7.32. The quantitative estimate of drug-likeness (QED) is 0.0503. The minimum atomic E-state index is 1.21. The molecule has 0 bridgehead atoms. The Bertz CT molecular complexity index is 724. The maximum atomic E-state index is 2.56. The van der Waals surface area contributed by atoms with Crippen LogP contribution in [0.2, 0.25) is 0 Å². The van der Waals surface area contributed by atoms with Crippen molar-refractivity contribution in [2.24, 2.45) is 0 Å². The number of nitrogens with zero attached hydrogens (tertiary/aromatic N) is 1. The molecule has 0 saturated carbocycles. The van der Waals surface area contributed by atoms with E-state index >= 15 is 0 Å². The monoisotopic (exact) mass is 641 g/mol. The highest BCUT2D eigenvalue weighted by atomic mass is 14.9. The summed E-state index contributed by atoms with van der Waals surface area (Å²) >= 11 is 0. The van der Waals surface area contributed by atoms with Crippen molar-refractivity contribution in [3.63, 3.8) is 0 Å². The van der Waals surface area contributed by atoms with Crippen molar-refractivity contribution in [2.45, 2.75) is 258 Å². The first kappa shape index (κ1) is 43.2. The molecule has 0 atom stereocenters. The lowest BCUT2D eigenvalue weighted by Gasteiger charge is -2.10. The number of aromatic nitrogens is 1. The van der Waals surface area contributed by atoms with Crippen LogP contribution in [0.15, 0.2) is 18.5 Å². The molecule has 1 aromatic rings. The Morgan fingerprint density at radius 1 is 0.326 bits per heavy atom. The van der Waals surface area contributed by atoms with E-state index in [0.717, 1.165) is 0 Å². The SMILES string of the molecule is CCCCCCCCCCCCCC[n+]1ccc(CCCCCCCCCCCCC)c(CCCCCCCCCCCCC)c1. The van der Waals surface area contributed by atoms with Gasteiger partial charge in [0.2, 0.25) is 0 Å². The molecule has 46 heavy (non-hydrogen) atoms. The summed E-state index contributed by atoms with van der Waals surface area (Å²) in [5.74, 6) is 0. The molecule has 270 valence electrons. The van der Waals surface area contributed by atoms with Crippen molar-refractivity contribution in [2.75, 3.05) is 0 Å². The van der Waals surface area contributed by atoms with Gasteiger partial charge in [-0.15, -0.1) is 0 Å². The van der Waals surface area contributed by atoms with E-state index in [-0.39, 0.29) is 0 Å².